The van der Waals surface area contributed by atoms with Crippen LogP contribution in [0.2, 0.25) is 0 Å². The number of nitrogens with two attached hydrogens (primary N) is 1. The van der Waals surface area contributed by atoms with E-state index in [1.807, 2.05) is 6.08 Å². The van der Waals surface area contributed by atoms with Crippen LogP contribution in [0, 0.1) is 0 Å². The van der Waals surface area contributed by atoms with E-state index in [-0.39, 0.29) is 25.7 Å². The van der Waals surface area contributed by atoms with Crippen LogP contribution in [0.15, 0.2) is 60.8 Å². The fourth-order valence-electron chi connectivity index (χ4n) is 6.33. The highest BCUT2D eigenvalue weighted by atomic mass is 31.2. The monoisotopic (exact) mass is 807 g/mol. The van der Waals surface area contributed by atoms with Gasteiger partial charge in [0.15, 0.2) is 0 Å². The molecule has 0 rings (SSSR count). The van der Waals surface area contributed by atoms with E-state index in [9.17, 15) is 19.4 Å². The molecule has 0 aromatic heterocycles. The molecule has 0 aliphatic rings. The number of hydrogen-bond donors (Lipinski definition) is 4. The molecule has 0 bridgehead atoms. The molecule has 8 nitrogen and oxygen atoms in total. The third kappa shape index (κ3) is 40.4. The van der Waals surface area contributed by atoms with Crippen molar-refractivity contribution in [1.82, 2.24) is 5.32 Å². The van der Waals surface area contributed by atoms with Crippen molar-refractivity contribution in [1.29, 1.82) is 0 Å². The molecule has 0 aromatic rings. The molecule has 0 fully saturated rings. The van der Waals surface area contributed by atoms with Crippen LogP contribution in [0.25, 0.3) is 0 Å². The standard InChI is InChI=1S/C47H87N2O6P/c1-3-5-7-9-11-13-15-17-19-21-22-23-24-25-27-29-31-33-35-37-39-41-47(51)49-45(44-55-56(52,53)54-43-42-48)46(50)40-38-36-34-32-30-28-26-20-18-16-14-12-10-8-6-4-2/h15,17,21-22,24-25,30,32,38,40,45-46,50H,3-14,16,18-20,23,26-29,31,33-37,39,41-44,48H2,1-2H3,(H,49,51)(H,52,53)/b17-15-,22-21-,25-24-,32-30+,40-38+. The van der Waals surface area contributed by atoms with Gasteiger partial charge in [0.05, 0.1) is 25.4 Å². The van der Waals surface area contributed by atoms with Crippen LogP contribution in [-0.2, 0) is 18.4 Å². The number of phosphoric ester groups is 1. The Morgan fingerprint density at radius 2 is 1.00 bits per heavy atom. The number of rotatable bonds is 42. The molecule has 0 saturated carbocycles. The Kier molecular flexibility index (Phi) is 41.4. The number of nitrogens with one attached hydrogen (secondary N) is 1. The highest BCUT2D eigenvalue weighted by Crippen LogP contribution is 2.43. The number of carbonyl (C=O) groups is 1. The predicted octanol–water partition coefficient (Wildman–Crippen LogP) is 13.1. The molecule has 1 amide bonds. The van der Waals surface area contributed by atoms with Crippen molar-refractivity contribution >= 4 is 13.7 Å². The van der Waals surface area contributed by atoms with E-state index in [1.54, 1.807) is 6.08 Å². The molecule has 326 valence electrons. The summed E-state index contributed by atoms with van der Waals surface area (Å²) in [6.45, 7) is 4.09. The van der Waals surface area contributed by atoms with Crippen LogP contribution in [0.1, 0.15) is 200 Å². The summed E-state index contributed by atoms with van der Waals surface area (Å²) in [7, 11) is -4.35. The molecule has 0 aromatic carbocycles. The van der Waals surface area contributed by atoms with Gasteiger partial charge in [0.1, 0.15) is 0 Å². The van der Waals surface area contributed by atoms with Gasteiger partial charge in [-0.05, 0) is 70.6 Å². The number of unbranched alkanes of at least 4 members (excludes halogenated alkanes) is 22. The summed E-state index contributed by atoms with van der Waals surface area (Å²) in [6.07, 6.45) is 54.1. The zero-order valence-electron chi connectivity index (χ0n) is 36.1. The zero-order valence-corrected chi connectivity index (χ0v) is 37.0. The minimum atomic E-state index is -4.35. The molecule has 0 aliphatic carbocycles. The van der Waals surface area contributed by atoms with Gasteiger partial charge in [-0.2, -0.15) is 0 Å². The Labute approximate surface area is 344 Å². The largest absolute Gasteiger partial charge is 0.472 e. The van der Waals surface area contributed by atoms with Crippen LogP contribution in [0.3, 0.4) is 0 Å². The van der Waals surface area contributed by atoms with E-state index < -0.39 is 20.0 Å². The van der Waals surface area contributed by atoms with E-state index in [0.717, 1.165) is 64.2 Å². The minimum absolute atomic E-state index is 0.0693. The third-order valence-corrected chi connectivity index (χ3v) is 10.8. The Hall–Kier alpha value is -1.80. The topological polar surface area (TPSA) is 131 Å². The number of carbonyl (C=O) groups excluding carboxylic acids is 1. The maximum atomic E-state index is 12.8. The van der Waals surface area contributed by atoms with Gasteiger partial charge in [0, 0.05) is 13.0 Å². The molecule has 9 heteroatoms. The smallest absolute Gasteiger partial charge is 0.387 e. The molecule has 0 radical (unpaired) electrons. The van der Waals surface area contributed by atoms with Crippen molar-refractivity contribution < 1.29 is 28.4 Å². The Bertz CT molecular complexity index is 1060. The molecule has 3 unspecified atom stereocenters. The van der Waals surface area contributed by atoms with E-state index in [4.69, 9.17) is 14.8 Å². The highest BCUT2D eigenvalue weighted by Gasteiger charge is 2.26. The summed E-state index contributed by atoms with van der Waals surface area (Å²) in [5.74, 6) is -0.218. The van der Waals surface area contributed by atoms with Crippen LogP contribution >= 0.6 is 7.82 Å². The molecule has 56 heavy (non-hydrogen) atoms. The number of aliphatic hydroxyl groups is 1. The summed E-state index contributed by atoms with van der Waals surface area (Å²) >= 11 is 0. The van der Waals surface area contributed by atoms with E-state index in [0.29, 0.717) is 6.42 Å². The van der Waals surface area contributed by atoms with Gasteiger partial charge in [-0.25, -0.2) is 4.57 Å². The number of allylic oxidation sites excluding steroid dienone is 9. The first-order valence-corrected chi connectivity index (χ1v) is 24.4. The lowest BCUT2D eigenvalue weighted by atomic mass is 10.1. The lowest BCUT2D eigenvalue weighted by Crippen LogP contribution is -2.45. The lowest BCUT2D eigenvalue weighted by molar-refractivity contribution is -0.123. The Morgan fingerprint density at radius 3 is 1.50 bits per heavy atom. The molecule has 0 heterocycles. The van der Waals surface area contributed by atoms with Crippen LogP contribution < -0.4 is 11.1 Å². The zero-order chi connectivity index (χ0) is 41.1. The molecule has 0 spiro atoms. The van der Waals surface area contributed by atoms with Crippen LogP contribution in [0.4, 0.5) is 0 Å². The second kappa shape index (κ2) is 42.8. The fourth-order valence-corrected chi connectivity index (χ4v) is 7.09. The Balaban J connectivity index is 4.26. The summed E-state index contributed by atoms with van der Waals surface area (Å²) in [6, 6.07) is -0.886. The van der Waals surface area contributed by atoms with Crippen molar-refractivity contribution in [2.45, 2.75) is 212 Å². The third-order valence-electron chi connectivity index (χ3n) is 9.82. The average molecular weight is 807 g/mol. The molecular formula is C47H87N2O6P. The van der Waals surface area contributed by atoms with Gasteiger partial charge < -0.3 is 21.1 Å². The average Bonchev–Trinajstić information content (AvgIpc) is 3.19. The highest BCUT2D eigenvalue weighted by molar-refractivity contribution is 7.47. The van der Waals surface area contributed by atoms with Gasteiger partial charge in [-0.15, -0.1) is 0 Å². The summed E-state index contributed by atoms with van der Waals surface area (Å²) < 4.78 is 22.1. The first-order valence-electron chi connectivity index (χ1n) is 22.9. The number of phosphoric acid groups is 1. The quantitative estimate of drug-likeness (QED) is 0.0274. The van der Waals surface area contributed by atoms with E-state index in [1.165, 1.54) is 116 Å². The summed E-state index contributed by atoms with van der Waals surface area (Å²) in [5, 5.41) is 13.7. The SMILES string of the molecule is CCCCCCC/C=C\C/C=C\C/C=C\CCCCCCCCC(=O)NC(COP(=O)(O)OCCN)C(O)/C=C/CC/C=C/CCCCCCCCCCCC. The van der Waals surface area contributed by atoms with Crippen molar-refractivity contribution in [3.8, 4) is 0 Å². The maximum absolute atomic E-state index is 12.8. The first kappa shape index (κ1) is 54.2. The maximum Gasteiger partial charge on any atom is 0.472 e. The van der Waals surface area contributed by atoms with Crippen LogP contribution in [-0.4, -0.2) is 47.8 Å². The predicted molar refractivity (Wildman–Crippen MR) is 240 cm³/mol. The number of aliphatic hydroxyl groups excluding tert-OH is 1. The van der Waals surface area contributed by atoms with Gasteiger partial charge >= 0.3 is 7.82 Å². The van der Waals surface area contributed by atoms with E-state index in [2.05, 4.69) is 67.8 Å². The molecular weight excluding hydrogens is 719 g/mol. The normalized spacial score (nSPS) is 14.6. The number of hydrogen-bond acceptors (Lipinski definition) is 6. The van der Waals surface area contributed by atoms with Crippen molar-refractivity contribution in [2.24, 2.45) is 5.73 Å². The van der Waals surface area contributed by atoms with Crippen LogP contribution in [0.5, 0.6) is 0 Å². The lowest BCUT2D eigenvalue weighted by Gasteiger charge is -2.23. The molecule has 3 atom stereocenters. The summed E-state index contributed by atoms with van der Waals surface area (Å²) in [4.78, 5) is 22.7. The molecule has 0 saturated heterocycles. The van der Waals surface area contributed by atoms with Gasteiger partial charge in [-0.1, -0.05) is 184 Å². The molecule has 0 aliphatic heterocycles. The fraction of sp³-hybridized carbons (Fsp3) is 0.766. The minimum Gasteiger partial charge on any atom is -0.387 e. The first-order chi connectivity index (χ1) is 27.4. The second-order valence-corrected chi connectivity index (χ2v) is 16.7. The van der Waals surface area contributed by atoms with Crippen molar-refractivity contribution in [3.63, 3.8) is 0 Å². The van der Waals surface area contributed by atoms with Crippen molar-refractivity contribution in [2.75, 3.05) is 19.8 Å². The number of amides is 1. The van der Waals surface area contributed by atoms with Gasteiger partial charge in [0.25, 0.3) is 0 Å². The Morgan fingerprint density at radius 1 is 0.589 bits per heavy atom. The van der Waals surface area contributed by atoms with E-state index >= 15 is 0 Å². The molecule has 5 N–H and O–H groups in total. The van der Waals surface area contributed by atoms with Gasteiger partial charge in [0.2, 0.25) is 5.91 Å². The second-order valence-electron chi connectivity index (χ2n) is 15.2. The summed E-state index contributed by atoms with van der Waals surface area (Å²) in [5.41, 5.74) is 5.37. The van der Waals surface area contributed by atoms with Crippen molar-refractivity contribution in [3.05, 3.63) is 60.8 Å². The van der Waals surface area contributed by atoms with Gasteiger partial charge in [-0.3, -0.25) is 13.8 Å².